The van der Waals surface area contributed by atoms with Crippen LogP contribution in [0.4, 0.5) is 0 Å². The van der Waals surface area contributed by atoms with Gasteiger partial charge < -0.3 is 15.3 Å². The Bertz CT molecular complexity index is 305. The molecule has 104 valence electrons. The van der Waals surface area contributed by atoms with Gasteiger partial charge in [-0.15, -0.1) is 0 Å². The van der Waals surface area contributed by atoms with Crippen LogP contribution < -0.4 is 5.32 Å². The second kappa shape index (κ2) is 6.73. The van der Waals surface area contributed by atoms with E-state index in [4.69, 9.17) is 5.11 Å². The first-order valence-electron chi connectivity index (χ1n) is 6.70. The van der Waals surface area contributed by atoms with Crippen molar-refractivity contribution in [2.24, 2.45) is 11.8 Å². The lowest BCUT2D eigenvalue weighted by atomic mass is 9.93. The molecule has 0 aromatic rings. The van der Waals surface area contributed by atoms with E-state index >= 15 is 0 Å². The lowest BCUT2D eigenvalue weighted by molar-refractivity contribution is -0.147. The second-order valence-corrected chi connectivity index (χ2v) is 5.32. The predicted octanol–water partition coefficient (Wildman–Crippen LogP) is 0.944. The number of hydrogen-bond acceptors (Lipinski definition) is 3. The van der Waals surface area contributed by atoms with Crippen LogP contribution >= 0.6 is 0 Å². The van der Waals surface area contributed by atoms with Crippen LogP contribution in [0.25, 0.3) is 0 Å². The maximum absolute atomic E-state index is 12.0. The molecule has 0 aliphatic carbocycles. The fraction of sp³-hybridized carbons (Fsp3) is 0.846. The fourth-order valence-electron chi connectivity index (χ4n) is 2.32. The van der Waals surface area contributed by atoms with Crippen LogP contribution in [0.5, 0.6) is 0 Å². The van der Waals surface area contributed by atoms with Crippen LogP contribution in [0, 0.1) is 11.8 Å². The molecule has 1 saturated heterocycles. The van der Waals surface area contributed by atoms with Crippen molar-refractivity contribution in [2.75, 3.05) is 19.6 Å². The minimum atomic E-state index is -0.806. The molecule has 1 aliphatic heterocycles. The number of amides is 1. The average Bonchev–Trinajstić information content (AvgIpc) is 2.34. The summed E-state index contributed by atoms with van der Waals surface area (Å²) in [5, 5.41) is 12.5. The number of hydrogen-bond donors (Lipinski definition) is 2. The highest BCUT2D eigenvalue weighted by molar-refractivity contribution is 5.79. The maximum Gasteiger partial charge on any atom is 0.308 e. The number of nitrogens with zero attached hydrogens (tertiary/aromatic N) is 1. The number of carbonyl (C=O) groups excluding carboxylic acids is 1. The summed E-state index contributed by atoms with van der Waals surface area (Å²) in [5.74, 6) is -1.29. The van der Waals surface area contributed by atoms with Gasteiger partial charge in [0.1, 0.15) is 0 Å². The molecule has 2 atom stereocenters. The van der Waals surface area contributed by atoms with Gasteiger partial charge in [0.2, 0.25) is 5.91 Å². The summed E-state index contributed by atoms with van der Waals surface area (Å²) in [6.07, 6.45) is 1.61. The second-order valence-electron chi connectivity index (χ2n) is 5.32. The van der Waals surface area contributed by atoms with Crippen molar-refractivity contribution in [3.8, 4) is 0 Å². The summed E-state index contributed by atoms with van der Waals surface area (Å²) in [7, 11) is 0. The maximum atomic E-state index is 12.0. The van der Waals surface area contributed by atoms with Crippen molar-refractivity contribution < 1.29 is 14.7 Å². The number of aliphatic carboxylic acids is 1. The van der Waals surface area contributed by atoms with Gasteiger partial charge in [0.15, 0.2) is 0 Å². The number of carboxylic acid groups (broad SMARTS) is 1. The Morgan fingerprint density at radius 1 is 1.39 bits per heavy atom. The Labute approximate surface area is 109 Å². The summed E-state index contributed by atoms with van der Waals surface area (Å²) in [6, 6.07) is 0.0995. The normalized spacial score (nSPS) is 24.3. The molecule has 0 saturated carbocycles. The minimum Gasteiger partial charge on any atom is -0.481 e. The van der Waals surface area contributed by atoms with Gasteiger partial charge in [-0.3, -0.25) is 9.59 Å². The number of likely N-dealkylation sites (tertiary alicyclic amines) is 1. The molecular formula is C13H24N2O3. The van der Waals surface area contributed by atoms with Gasteiger partial charge in [-0.25, -0.2) is 0 Å². The molecular weight excluding hydrogens is 232 g/mol. The molecule has 0 bridgehead atoms. The van der Waals surface area contributed by atoms with E-state index in [1.807, 2.05) is 13.8 Å². The van der Waals surface area contributed by atoms with E-state index in [1.165, 1.54) is 0 Å². The molecule has 1 rings (SSSR count). The molecule has 2 unspecified atom stereocenters. The van der Waals surface area contributed by atoms with E-state index in [2.05, 4.69) is 12.2 Å². The third-order valence-electron chi connectivity index (χ3n) is 3.29. The molecule has 0 radical (unpaired) electrons. The lowest BCUT2D eigenvalue weighted by Crippen LogP contribution is -2.53. The number of carboxylic acids is 1. The minimum absolute atomic E-state index is 0.0456. The number of carbonyl (C=O) groups is 2. The molecule has 5 nitrogen and oxygen atoms in total. The molecule has 0 aromatic carbocycles. The quantitative estimate of drug-likeness (QED) is 0.768. The molecule has 1 fully saturated rings. The average molecular weight is 256 g/mol. The Morgan fingerprint density at radius 2 is 2.06 bits per heavy atom. The molecule has 0 aromatic heterocycles. The van der Waals surface area contributed by atoms with Crippen molar-refractivity contribution in [1.82, 2.24) is 10.2 Å². The number of rotatable bonds is 5. The van der Waals surface area contributed by atoms with Gasteiger partial charge in [0.05, 0.1) is 5.92 Å². The van der Waals surface area contributed by atoms with Crippen molar-refractivity contribution >= 4 is 11.9 Å². The Hall–Kier alpha value is -1.10. The zero-order chi connectivity index (χ0) is 13.7. The third kappa shape index (κ3) is 3.98. The first-order valence-corrected chi connectivity index (χ1v) is 6.70. The van der Waals surface area contributed by atoms with E-state index < -0.39 is 11.9 Å². The van der Waals surface area contributed by atoms with Crippen molar-refractivity contribution in [1.29, 1.82) is 0 Å². The largest absolute Gasteiger partial charge is 0.481 e. The van der Waals surface area contributed by atoms with Crippen molar-refractivity contribution in [3.63, 3.8) is 0 Å². The SMILES string of the molecule is CCCNC1CC(C(=O)O)CN(C(=O)C(C)C)C1. The molecule has 1 heterocycles. The highest BCUT2D eigenvalue weighted by Gasteiger charge is 2.33. The molecule has 18 heavy (non-hydrogen) atoms. The van der Waals surface area contributed by atoms with Crippen LogP contribution in [-0.2, 0) is 9.59 Å². The monoisotopic (exact) mass is 256 g/mol. The summed E-state index contributed by atoms with van der Waals surface area (Å²) >= 11 is 0. The van der Waals surface area contributed by atoms with E-state index in [9.17, 15) is 9.59 Å². The van der Waals surface area contributed by atoms with Crippen molar-refractivity contribution in [3.05, 3.63) is 0 Å². The molecule has 1 amide bonds. The van der Waals surface area contributed by atoms with Crippen molar-refractivity contribution in [2.45, 2.75) is 39.7 Å². The van der Waals surface area contributed by atoms with Gasteiger partial charge in [-0.2, -0.15) is 0 Å². The standard InChI is InChI=1S/C13H24N2O3/c1-4-5-14-11-6-10(13(17)18)7-15(8-11)12(16)9(2)3/h9-11,14H,4-8H2,1-3H3,(H,17,18). The van der Waals surface area contributed by atoms with Crippen LogP contribution in [0.1, 0.15) is 33.6 Å². The summed E-state index contributed by atoms with van der Waals surface area (Å²) in [5.41, 5.74) is 0. The van der Waals surface area contributed by atoms with E-state index in [0.717, 1.165) is 13.0 Å². The Kier molecular flexibility index (Phi) is 5.59. The molecule has 0 spiro atoms. The van der Waals surface area contributed by atoms with Gasteiger partial charge in [-0.05, 0) is 19.4 Å². The summed E-state index contributed by atoms with van der Waals surface area (Å²) in [6.45, 7) is 7.60. The molecule has 2 N–H and O–H groups in total. The zero-order valence-corrected chi connectivity index (χ0v) is 11.5. The van der Waals surface area contributed by atoms with E-state index in [-0.39, 0.29) is 17.9 Å². The smallest absolute Gasteiger partial charge is 0.308 e. The van der Waals surface area contributed by atoms with Gasteiger partial charge in [0, 0.05) is 25.0 Å². The Balaban J connectivity index is 2.67. The van der Waals surface area contributed by atoms with Gasteiger partial charge in [0.25, 0.3) is 0 Å². The molecule has 1 aliphatic rings. The first kappa shape index (κ1) is 15.0. The topological polar surface area (TPSA) is 69.6 Å². The van der Waals surface area contributed by atoms with Gasteiger partial charge in [-0.1, -0.05) is 20.8 Å². The predicted molar refractivity (Wildman–Crippen MR) is 69.2 cm³/mol. The summed E-state index contributed by atoms with van der Waals surface area (Å²) < 4.78 is 0. The van der Waals surface area contributed by atoms with Crippen LogP contribution in [0.3, 0.4) is 0 Å². The zero-order valence-electron chi connectivity index (χ0n) is 11.5. The van der Waals surface area contributed by atoms with E-state index in [1.54, 1.807) is 4.90 Å². The number of piperidine rings is 1. The van der Waals surface area contributed by atoms with Crippen LogP contribution in [0.15, 0.2) is 0 Å². The fourth-order valence-corrected chi connectivity index (χ4v) is 2.32. The van der Waals surface area contributed by atoms with Gasteiger partial charge >= 0.3 is 5.97 Å². The van der Waals surface area contributed by atoms with Crippen LogP contribution in [0.2, 0.25) is 0 Å². The Morgan fingerprint density at radius 3 is 2.56 bits per heavy atom. The third-order valence-corrected chi connectivity index (χ3v) is 3.29. The van der Waals surface area contributed by atoms with E-state index in [0.29, 0.717) is 19.5 Å². The lowest BCUT2D eigenvalue weighted by Gasteiger charge is -2.37. The summed E-state index contributed by atoms with van der Waals surface area (Å²) in [4.78, 5) is 24.8. The highest BCUT2D eigenvalue weighted by Crippen LogP contribution is 2.19. The number of nitrogens with one attached hydrogen (secondary N) is 1. The first-order chi connectivity index (χ1) is 8.45. The highest BCUT2D eigenvalue weighted by atomic mass is 16.4. The molecule has 5 heteroatoms. The van der Waals surface area contributed by atoms with Crippen LogP contribution in [-0.4, -0.2) is 47.6 Å².